The predicted molar refractivity (Wildman–Crippen MR) is 171 cm³/mol. The van der Waals surface area contributed by atoms with E-state index in [-0.39, 0.29) is 6.42 Å². The van der Waals surface area contributed by atoms with Crippen LogP contribution in [0.3, 0.4) is 0 Å². The summed E-state index contributed by atoms with van der Waals surface area (Å²) in [5, 5.41) is 24.5. The number of hydrogen-bond donors (Lipinski definition) is 2. The lowest BCUT2D eigenvalue weighted by molar-refractivity contribution is -0.136. The number of halogens is 2. The fourth-order valence-electron chi connectivity index (χ4n) is 4.73. The first kappa shape index (κ1) is 30.3. The van der Waals surface area contributed by atoms with E-state index in [1.165, 1.54) is 17.5 Å². The van der Waals surface area contributed by atoms with E-state index in [0.29, 0.717) is 32.4 Å². The molecular formula is C33H30ClFN4O3S. The molecule has 0 saturated heterocycles. The van der Waals surface area contributed by atoms with Gasteiger partial charge in [-0.15, -0.1) is 11.3 Å². The third kappa shape index (κ3) is 6.74. The molecule has 0 atom stereocenters. The first-order chi connectivity index (χ1) is 20.3. The minimum atomic E-state index is -0.928. The summed E-state index contributed by atoms with van der Waals surface area (Å²) in [4.78, 5) is 20.8. The van der Waals surface area contributed by atoms with Crippen molar-refractivity contribution in [1.82, 2.24) is 19.7 Å². The van der Waals surface area contributed by atoms with Crippen molar-refractivity contribution in [2.45, 2.75) is 39.7 Å². The van der Waals surface area contributed by atoms with Crippen molar-refractivity contribution < 1.29 is 19.4 Å². The van der Waals surface area contributed by atoms with Gasteiger partial charge in [-0.25, -0.2) is 9.37 Å². The number of pyridine rings is 1. The Morgan fingerprint density at radius 1 is 1.05 bits per heavy atom. The van der Waals surface area contributed by atoms with Crippen molar-refractivity contribution in [3.63, 3.8) is 0 Å². The summed E-state index contributed by atoms with van der Waals surface area (Å²) < 4.78 is 17.7. The van der Waals surface area contributed by atoms with Crippen LogP contribution in [-0.4, -0.2) is 41.5 Å². The molecule has 0 aliphatic heterocycles. The predicted octanol–water partition coefficient (Wildman–Crippen LogP) is 8.08. The van der Waals surface area contributed by atoms with Crippen LogP contribution in [-0.2, 0) is 18.3 Å². The molecule has 0 bridgehead atoms. The van der Waals surface area contributed by atoms with Gasteiger partial charge in [-0.1, -0.05) is 29.8 Å². The van der Waals surface area contributed by atoms with Gasteiger partial charge in [-0.3, -0.25) is 14.5 Å². The molecule has 0 unspecified atom stereocenters. The number of thiazole rings is 1. The summed E-state index contributed by atoms with van der Waals surface area (Å²) in [5.41, 5.74) is 6.07. The molecule has 6 aromatic rings. The van der Waals surface area contributed by atoms with Crippen molar-refractivity contribution in [1.29, 1.82) is 0 Å². The van der Waals surface area contributed by atoms with E-state index in [2.05, 4.69) is 10.1 Å². The molecule has 0 radical (unpaired) electrons. The highest BCUT2D eigenvalue weighted by molar-refractivity contribution is 7.22. The van der Waals surface area contributed by atoms with Gasteiger partial charge in [0.1, 0.15) is 5.01 Å². The normalized spacial score (nSPS) is 11.5. The minimum Gasteiger partial charge on any atom is -0.481 e. The summed E-state index contributed by atoms with van der Waals surface area (Å²) in [5.74, 6) is -1.41. The molecule has 3 aromatic carbocycles. The van der Waals surface area contributed by atoms with E-state index in [9.17, 15) is 9.90 Å². The van der Waals surface area contributed by atoms with Gasteiger partial charge >= 0.3 is 5.97 Å². The molecular weight excluding hydrogens is 587 g/mol. The zero-order chi connectivity index (χ0) is 31.1. The van der Waals surface area contributed by atoms with Crippen molar-refractivity contribution >= 4 is 50.0 Å². The summed E-state index contributed by atoms with van der Waals surface area (Å²) >= 11 is 7.45. The van der Waals surface area contributed by atoms with Crippen molar-refractivity contribution in [3.05, 3.63) is 89.0 Å². The molecule has 0 fully saturated rings. The molecule has 3 aromatic heterocycles. The third-order valence-electron chi connectivity index (χ3n) is 6.60. The molecule has 0 aliphatic carbocycles. The quantitative estimate of drug-likeness (QED) is 0.203. The molecule has 0 amide bonds. The first-order valence-corrected chi connectivity index (χ1v) is 14.7. The largest absolute Gasteiger partial charge is 0.481 e. The number of aliphatic hydroxyl groups is 1. The van der Waals surface area contributed by atoms with Gasteiger partial charge in [0.15, 0.2) is 5.82 Å². The highest BCUT2D eigenvalue weighted by atomic mass is 35.5. The maximum absolute atomic E-state index is 15.2. The number of nitrogens with zero attached hydrogens (tertiary/aromatic N) is 4. The lowest BCUT2D eigenvalue weighted by atomic mass is 9.93. The lowest BCUT2D eigenvalue weighted by Crippen LogP contribution is -2.10. The van der Waals surface area contributed by atoms with E-state index in [0.717, 1.165) is 37.9 Å². The van der Waals surface area contributed by atoms with Crippen molar-refractivity contribution in [3.8, 4) is 33.0 Å². The van der Waals surface area contributed by atoms with E-state index >= 15 is 4.39 Å². The number of rotatable bonds is 5. The fraction of sp³-hybridized carbons (Fsp3) is 0.212. The summed E-state index contributed by atoms with van der Waals surface area (Å²) in [6, 6.07) is 16.7. The smallest absolute Gasteiger partial charge is 0.307 e. The second kappa shape index (κ2) is 11.8. The molecule has 6 rings (SSSR count). The van der Waals surface area contributed by atoms with Crippen molar-refractivity contribution in [2.75, 3.05) is 0 Å². The van der Waals surface area contributed by atoms with Gasteiger partial charge in [0.25, 0.3) is 0 Å². The van der Waals surface area contributed by atoms with Gasteiger partial charge in [0.05, 0.1) is 45.8 Å². The summed E-state index contributed by atoms with van der Waals surface area (Å²) in [6.07, 6.45) is 2.86. The number of carboxylic acid groups (broad SMARTS) is 1. The number of aliphatic carboxylic acids is 1. The van der Waals surface area contributed by atoms with Gasteiger partial charge in [0, 0.05) is 34.1 Å². The van der Waals surface area contributed by atoms with Crippen LogP contribution in [0.4, 0.5) is 4.39 Å². The van der Waals surface area contributed by atoms with Crippen LogP contribution < -0.4 is 0 Å². The Bertz CT molecular complexity index is 1970. The average molecular weight is 617 g/mol. The summed E-state index contributed by atoms with van der Waals surface area (Å²) in [7, 11) is 1.88. The van der Waals surface area contributed by atoms with Gasteiger partial charge < -0.3 is 10.2 Å². The second-order valence-corrected chi connectivity index (χ2v) is 12.7. The minimum absolute atomic E-state index is 0.141. The van der Waals surface area contributed by atoms with Gasteiger partial charge in [-0.05, 0) is 80.8 Å². The number of aryl methyl sites for hydroxylation is 2. The topological polar surface area (TPSA) is 101 Å². The zero-order valence-electron chi connectivity index (χ0n) is 24.3. The van der Waals surface area contributed by atoms with Crippen molar-refractivity contribution in [2.24, 2.45) is 7.05 Å². The lowest BCUT2D eigenvalue weighted by Gasteiger charge is -2.13. The Hall–Kier alpha value is -4.18. The zero-order valence-corrected chi connectivity index (χ0v) is 25.9. The van der Waals surface area contributed by atoms with Gasteiger partial charge in [-0.2, -0.15) is 5.10 Å². The Labute approximate surface area is 257 Å². The Kier molecular flexibility index (Phi) is 8.34. The molecule has 7 nitrogen and oxygen atoms in total. The number of carbonyl (C=O) groups is 1. The van der Waals surface area contributed by atoms with Crippen LogP contribution in [0, 0.1) is 12.7 Å². The Morgan fingerprint density at radius 3 is 2.40 bits per heavy atom. The Morgan fingerprint density at radius 2 is 1.72 bits per heavy atom. The highest BCUT2D eigenvalue weighted by Gasteiger charge is 2.21. The van der Waals surface area contributed by atoms with Crippen LogP contribution in [0.1, 0.15) is 31.9 Å². The average Bonchev–Trinajstić information content (AvgIpc) is 3.51. The SMILES string of the molecule is CC(C)(C)O.Cc1cc2nc(-c3cc(-c4ccc5c(cnn5C)c4)ncc3F)sc2c(-c2ccc(Cl)cc2)c1CC(=O)O. The van der Waals surface area contributed by atoms with Gasteiger partial charge in [0.2, 0.25) is 0 Å². The van der Waals surface area contributed by atoms with Crippen LogP contribution in [0.5, 0.6) is 0 Å². The molecule has 220 valence electrons. The highest BCUT2D eigenvalue weighted by Crippen LogP contribution is 2.42. The first-order valence-electron chi connectivity index (χ1n) is 13.5. The second-order valence-electron chi connectivity index (χ2n) is 11.3. The maximum Gasteiger partial charge on any atom is 0.307 e. The molecule has 10 heteroatoms. The van der Waals surface area contributed by atoms with Crippen LogP contribution in [0.2, 0.25) is 5.02 Å². The summed E-state index contributed by atoms with van der Waals surface area (Å²) in [6.45, 7) is 7.10. The molecule has 43 heavy (non-hydrogen) atoms. The molecule has 2 N–H and O–H groups in total. The van der Waals surface area contributed by atoms with E-state index < -0.39 is 17.4 Å². The molecule has 0 saturated carbocycles. The number of carboxylic acids is 1. The van der Waals surface area contributed by atoms with Crippen LogP contribution in [0.25, 0.3) is 54.1 Å². The number of benzene rings is 3. The fourth-order valence-corrected chi connectivity index (χ4v) is 6.02. The standard InChI is InChI=1S/C29H20ClFN4O2S.C4H10O/c1-15-9-24-28(27(20(15)12-26(36)37)16-3-6-19(30)7-4-16)38-29(34-24)21-11-23(32-14-22(21)31)17-5-8-25-18(10-17)13-33-35(25)2;1-4(2,3)5/h3-11,13-14H,12H2,1-2H3,(H,36,37);5H,1-3H3. The van der Waals surface area contributed by atoms with E-state index in [4.69, 9.17) is 21.7 Å². The third-order valence-corrected chi connectivity index (χ3v) is 7.97. The maximum atomic E-state index is 15.2. The van der Waals surface area contributed by atoms with E-state index in [1.54, 1.807) is 49.8 Å². The Balaban J connectivity index is 0.000000682. The number of hydrogen-bond acceptors (Lipinski definition) is 6. The number of fused-ring (bicyclic) bond motifs is 2. The molecule has 0 spiro atoms. The van der Waals surface area contributed by atoms with Crippen LogP contribution >= 0.6 is 22.9 Å². The number of aromatic nitrogens is 4. The van der Waals surface area contributed by atoms with Crippen LogP contribution in [0.15, 0.2) is 67.0 Å². The van der Waals surface area contributed by atoms with E-state index in [1.807, 2.05) is 50.4 Å². The molecule has 3 heterocycles. The molecule has 0 aliphatic rings. The monoisotopic (exact) mass is 616 g/mol.